The molecule has 0 heterocycles. The minimum absolute atomic E-state index is 0.0671. The quantitative estimate of drug-likeness (QED) is 0.401. The van der Waals surface area contributed by atoms with Gasteiger partial charge in [0, 0.05) is 19.1 Å². The van der Waals surface area contributed by atoms with Crippen molar-refractivity contribution in [1.29, 1.82) is 0 Å². The molecular formula is C12H21N5. The van der Waals surface area contributed by atoms with Crippen molar-refractivity contribution in [3.8, 4) is 0 Å². The Morgan fingerprint density at radius 2 is 1.94 bits per heavy atom. The average Bonchev–Trinajstić information content (AvgIpc) is 2.29. The van der Waals surface area contributed by atoms with E-state index in [2.05, 4.69) is 41.5 Å². The summed E-state index contributed by atoms with van der Waals surface area (Å²) in [7, 11) is 0. The van der Waals surface area contributed by atoms with E-state index in [1.807, 2.05) is 0 Å². The second kappa shape index (κ2) is 6.88. The van der Waals surface area contributed by atoms with Gasteiger partial charge < -0.3 is 22.5 Å². The number of aryl methyl sites for hydroxylation is 1. The van der Waals surface area contributed by atoms with Crippen molar-refractivity contribution >= 4 is 5.96 Å². The summed E-state index contributed by atoms with van der Waals surface area (Å²) in [5, 5.41) is 3.27. The molecule has 0 aliphatic carbocycles. The molecule has 17 heavy (non-hydrogen) atoms. The van der Waals surface area contributed by atoms with Crippen LogP contribution in [-0.4, -0.2) is 25.1 Å². The number of aliphatic imine (C=N–C) groups is 1. The summed E-state index contributed by atoms with van der Waals surface area (Å²) in [6, 6.07) is 8.32. The van der Waals surface area contributed by atoms with E-state index in [4.69, 9.17) is 17.2 Å². The van der Waals surface area contributed by atoms with Crippen LogP contribution in [0.2, 0.25) is 0 Å². The Hall–Kier alpha value is -1.59. The van der Waals surface area contributed by atoms with E-state index in [0.717, 1.165) is 6.54 Å². The fourth-order valence-corrected chi connectivity index (χ4v) is 1.40. The SMILES string of the molecule is Cc1ccc(CNCC(N)CN=C(N)N)cc1. The Balaban J connectivity index is 2.23. The van der Waals surface area contributed by atoms with Gasteiger partial charge in [0.25, 0.3) is 0 Å². The van der Waals surface area contributed by atoms with Crippen molar-refractivity contribution in [2.45, 2.75) is 19.5 Å². The number of nitrogens with two attached hydrogens (primary N) is 3. The zero-order chi connectivity index (χ0) is 12.7. The van der Waals surface area contributed by atoms with Crippen molar-refractivity contribution in [3.63, 3.8) is 0 Å². The summed E-state index contributed by atoms with van der Waals surface area (Å²) in [6.07, 6.45) is 0. The first-order chi connectivity index (χ1) is 8.08. The van der Waals surface area contributed by atoms with Crippen LogP contribution in [0, 0.1) is 6.92 Å². The minimum Gasteiger partial charge on any atom is -0.370 e. The fourth-order valence-electron chi connectivity index (χ4n) is 1.40. The maximum Gasteiger partial charge on any atom is 0.185 e. The van der Waals surface area contributed by atoms with Crippen LogP contribution in [0.25, 0.3) is 0 Å². The molecule has 1 atom stereocenters. The lowest BCUT2D eigenvalue weighted by Crippen LogP contribution is -2.37. The van der Waals surface area contributed by atoms with E-state index in [9.17, 15) is 0 Å². The van der Waals surface area contributed by atoms with Crippen LogP contribution >= 0.6 is 0 Å². The second-order valence-electron chi connectivity index (χ2n) is 4.14. The first kappa shape index (κ1) is 13.5. The van der Waals surface area contributed by atoms with Crippen molar-refractivity contribution in [3.05, 3.63) is 35.4 Å². The summed E-state index contributed by atoms with van der Waals surface area (Å²) in [5.74, 6) is 0.0824. The zero-order valence-corrected chi connectivity index (χ0v) is 10.2. The molecular weight excluding hydrogens is 214 g/mol. The standard InChI is InChI=1S/C12H21N5/c1-9-2-4-10(5-3-9)6-16-7-11(13)8-17-12(14)15/h2-5,11,16H,6-8,13H2,1H3,(H4,14,15,17). The Kier molecular flexibility index (Phi) is 5.45. The van der Waals surface area contributed by atoms with Gasteiger partial charge in [-0.3, -0.25) is 4.99 Å². The number of nitrogens with zero attached hydrogens (tertiary/aromatic N) is 1. The molecule has 0 saturated heterocycles. The predicted octanol–water partition coefficient (Wildman–Crippen LogP) is -0.315. The smallest absolute Gasteiger partial charge is 0.185 e. The van der Waals surface area contributed by atoms with Gasteiger partial charge in [0.15, 0.2) is 5.96 Å². The summed E-state index contributed by atoms with van der Waals surface area (Å²) in [5.41, 5.74) is 18.8. The molecule has 1 unspecified atom stereocenters. The van der Waals surface area contributed by atoms with Gasteiger partial charge in [-0.1, -0.05) is 29.8 Å². The molecule has 0 aliphatic rings. The van der Waals surface area contributed by atoms with E-state index in [1.54, 1.807) is 0 Å². The van der Waals surface area contributed by atoms with Gasteiger partial charge in [-0.05, 0) is 12.5 Å². The van der Waals surface area contributed by atoms with Crippen LogP contribution in [0.1, 0.15) is 11.1 Å². The molecule has 1 aromatic rings. The molecule has 0 saturated carbocycles. The lowest BCUT2D eigenvalue weighted by Gasteiger charge is -2.10. The summed E-state index contributed by atoms with van der Waals surface area (Å²) in [6.45, 7) is 4.01. The normalized spacial score (nSPS) is 12.1. The van der Waals surface area contributed by atoms with E-state index in [1.165, 1.54) is 11.1 Å². The lowest BCUT2D eigenvalue weighted by atomic mass is 10.1. The van der Waals surface area contributed by atoms with Crippen LogP contribution in [0.15, 0.2) is 29.3 Å². The van der Waals surface area contributed by atoms with Crippen molar-refractivity contribution in [2.75, 3.05) is 13.1 Å². The lowest BCUT2D eigenvalue weighted by molar-refractivity contribution is 0.582. The van der Waals surface area contributed by atoms with E-state index < -0.39 is 0 Å². The largest absolute Gasteiger partial charge is 0.370 e. The van der Waals surface area contributed by atoms with E-state index >= 15 is 0 Å². The number of benzene rings is 1. The average molecular weight is 235 g/mol. The van der Waals surface area contributed by atoms with Crippen molar-refractivity contribution in [1.82, 2.24) is 5.32 Å². The first-order valence-corrected chi connectivity index (χ1v) is 5.65. The third kappa shape index (κ3) is 5.89. The molecule has 0 amide bonds. The second-order valence-corrected chi connectivity index (χ2v) is 4.14. The summed E-state index contributed by atoms with van der Waals surface area (Å²) >= 11 is 0. The van der Waals surface area contributed by atoms with Gasteiger partial charge in [0.1, 0.15) is 0 Å². The highest BCUT2D eigenvalue weighted by Crippen LogP contribution is 2.02. The molecule has 0 aromatic heterocycles. The maximum atomic E-state index is 5.83. The van der Waals surface area contributed by atoms with E-state index in [0.29, 0.717) is 13.1 Å². The van der Waals surface area contributed by atoms with Crippen LogP contribution in [0.3, 0.4) is 0 Å². The topological polar surface area (TPSA) is 102 Å². The molecule has 0 bridgehead atoms. The van der Waals surface area contributed by atoms with E-state index in [-0.39, 0.29) is 12.0 Å². The molecule has 0 aliphatic heterocycles. The molecule has 94 valence electrons. The third-order valence-corrected chi connectivity index (χ3v) is 2.36. The summed E-state index contributed by atoms with van der Waals surface area (Å²) < 4.78 is 0. The van der Waals surface area contributed by atoms with Gasteiger partial charge in [0.05, 0.1) is 6.54 Å². The molecule has 5 nitrogen and oxygen atoms in total. The Morgan fingerprint density at radius 1 is 1.29 bits per heavy atom. The number of nitrogens with one attached hydrogen (secondary N) is 1. The first-order valence-electron chi connectivity index (χ1n) is 5.65. The van der Waals surface area contributed by atoms with Crippen LogP contribution in [0.5, 0.6) is 0 Å². The Labute approximate surface area is 102 Å². The van der Waals surface area contributed by atoms with Crippen LogP contribution in [-0.2, 0) is 6.54 Å². The molecule has 5 heteroatoms. The highest BCUT2D eigenvalue weighted by molar-refractivity contribution is 5.75. The van der Waals surface area contributed by atoms with Gasteiger partial charge in [-0.25, -0.2) is 0 Å². The van der Waals surface area contributed by atoms with Gasteiger partial charge in [0.2, 0.25) is 0 Å². The highest BCUT2D eigenvalue weighted by atomic mass is 15.0. The fraction of sp³-hybridized carbons (Fsp3) is 0.417. The number of hydrogen-bond donors (Lipinski definition) is 4. The number of guanidine groups is 1. The van der Waals surface area contributed by atoms with Gasteiger partial charge >= 0.3 is 0 Å². The monoisotopic (exact) mass is 235 g/mol. The molecule has 0 radical (unpaired) electrons. The van der Waals surface area contributed by atoms with Crippen LogP contribution < -0.4 is 22.5 Å². The van der Waals surface area contributed by atoms with Crippen LogP contribution in [0.4, 0.5) is 0 Å². The molecule has 0 fully saturated rings. The molecule has 0 spiro atoms. The third-order valence-electron chi connectivity index (χ3n) is 2.36. The summed E-state index contributed by atoms with van der Waals surface area (Å²) in [4.78, 5) is 3.87. The Bertz CT molecular complexity index is 354. The maximum absolute atomic E-state index is 5.83. The minimum atomic E-state index is -0.0671. The number of hydrogen-bond acceptors (Lipinski definition) is 3. The van der Waals surface area contributed by atoms with Gasteiger partial charge in [-0.2, -0.15) is 0 Å². The zero-order valence-electron chi connectivity index (χ0n) is 10.2. The Morgan fingerprint density at radius 3 is 2.53 bits per heavy atom. The predicted molar refractivity (Wildman–Crippen MR) is 71.5 cm³/mol. The van der Waals surface area contributed by atoms with Crippen molar-refractivity contribution < 1.29 is 0 Å². The molecule has 1 aromatic carbocycles. The van der Waals surface area contributed by atoms with Crippen molar-refractivity contribution in [2.24, 2.45) is 22.2 Å². The molecule has 7 N–H and O–H groups in total. The highest BCUT2D eigenvalue weighted by Gasteiger charge is 2.00. The molecule has 1 rings (SSSR count). The number of rotatable bonds is 6. The van der Waals surface area contributed by atoms with Gasteiger partial charge in [-0.15, -0.1) is 0 Å².